The Balaban J connectivity index is 2.20. The standard InChI is InChI=1S/C13H15N3O2/c1-2-14-6-9-7-15-13(16-8-9)10-3-4-11(17)12(18)5-10/h3-5,7-8,14,17-18H,2,6H2,1H3. The highest BCUT2D eigenvalue weighted by Gasteiger charge is 2.05. The minimum absolute atomic E-state index is 0.150. The van der Waals surface area contributed by atoms with Crippen LogP contribution in [-0.4, -0.2) is 26.7 Å². The Labute approximate surface area is 105 Å². The first-order valence-electron chi connectivity index (χ1n) is 5.74. The van der Waals surface area contributed by atoms with Gasteiger partial charge in [-0.25, -0.2) is 9.97 Å². The lowest BCUT2D eigenvalue weighted by Gasteiger charge is -2.04. The van der Waals surface area contributed by atoms with Crippen LogP contribution < -0.4 is 5.32 Å². The number of nitrogens with one attached hydrogen (secondary N) is 1. The topological polar surface area (TPSA) is 78.3 Å². The predicted molar refractivity (Wildman–Crippen MR) is 68.2 cm³/mol. The number of nitrogens with zero attached hydrogens (tertiary/aromatic N) is 2. The Bertz CT molecular complexity index is 526. The van der Waals surface area contributed by atoms with Crippen LogP contribution in [-0.2, 0) is 6.54 Å². The monoisotopic (exact) mass is 245 g/mol. The smallest absolute Gasteiger partial charge is 0.159 e. The molecule has 0 aliphatic rings. The van der Waals surface area contributed by atoms with Crippen LogP contribution in [0.2, 0.25) is 0 Å². The number of benzene rings is 1. The van der Waals surface area contributed by atoms with E-state index < -0.39 is 0 Å². The highest BCUT2D eigenvalue weighted by molar-refractivity contribution is 5.60. The summed E-state index contributed by atoms with van der Waals surface area (Å²) >= 11 is 0. The second kappa shape index (κ2) is 5.46. The van der Waals surface area contributed by atoms with E-state index in [-0.39, 0.29) is 11.5 Å². The number of hydrogen-bond acceptors (Lipinski definition) is 5. The molecule has 0 spiro atoms. The van der Waals surface area contributed by atoms with Gasteiger partial charge in [0.05, 0.1) is 0 Å². The first-order valence-corrected chi connectivity index (χ1v) is 5.74. The van der Waals surface area contributed by atoms with Crippen molar-refractivity contribution >= 4 is 0 Å². The summed E-state index contributed by atoms with van der Waals surface area (Å²) in [5.41, 5.74) is 1.67. The van der Waals surface area contributed by atoms with Crippen molar-refractivity contribution in [3.63, 3.8) is 0 Å². The van der Waals surface area contributed by atoms with Crippen molar-refractivity contribution in [2.75, 3.05) is 6.54 Å². The molecule has 0 unspecified atom stereocenters. The van der Waals surface area contributed by atoms with Crippen LogP contribution in [0, 0.1) is 0 Å². The van der Waals surface area contributed by atoms with Gasteiger partial charge in [-0.05, 0) is 24.7 Å². The van der Waals surface area contributed by atoms with Crippen LogP contribution in [0.3, 0.4) is 0 Å². The van der Waals surface area contributed by atoms with E-state index in [1.807, 2.05) is 6.92 Å². The molecule has 1 heterocycles. The summed E-state index contributed by atoms with van der Waals surface area (Å²) in [4.78, 5) is 8.46. The highest BCUT2D eigenvalue weighted by atomic mass is 16.3. The second-order valence-electron chi connectivity index (χ2n) is 3.90. The minimum Gasteiger partial charge on any atom is -0.504 e. The maximum absolute atomic E-state index is 9.42. The first kappa shape index (κ1) is 12.3. The normalized spacial score (nSPS) is 10.5. The van der Waals surface area contributed by atoms with Gasteiger partial charge in [0.15, 0.2) is 17.3 Å². The number of aromatic nitrogens is 2. The van der Waals surface area contributed by atoms with Gasteiger partial charge in [-0.1, -0.05) is 6.92 Å². The van der Waals surface area contributed by atoms with Crippen LogP contribution in [0.5, 0.6) is 11.5 Å². The molecule has 0 bridgehead atoms. The van der Waals surface area contributed by atoms with Gasteiger partial charge in [-0.3, -0.25) is 0 Å². The molecule has 18 heavy (non-hydrogen) atoms. The molecule has 0 saturated heterocycles. The summed E-state index contributed by atoms with van der Waals surface area (Å²) < 4.78 is 0. The SMILES string of the molecule is CCNCc1cnc(-c2ccc(O)c(O)c2)nc1. The molecule has 0 saturated carbocycles. The maximum Gasteiger partial charge on any atom is 0.159 e. The van der Waals surface area contributed by atoms with Crippen molar-refractivity contribution in [1.29, 1.82) is 0 Å². The average Bonchev–Trinajstić information content (AvgIpc) is 2.40. The van der Waals surface area contributed by atoms with Crippen LogP contribution in [0.4, 0.5) is 0 Å². The van der Waals surface area contributed by atoms with Gasteiger partial charge >= 0.3 is 0 Å². The molecule has 2 rings (SSSR count). The molecule has 5 nitrogen and oxygen atoms in total. The van der Waals surface area contributed by atoms with Crippen molar-refractivity contribution in [1.82, 2.24) is 15.3 Å². The van der Waals surface area contributed by atoms with Gasteiger partial charge in [-0.15, -0.1) is 0 Å². The van der Waals surface area contributed by atoms with Crippen LogP contribution in [0.1, 0.15) is 12.5 Å². The molecule has 0 radical (unpaired) electrons. The molecule has 2 aromatic rings. The molecule has 1 aromatic carbocycles. The fourth-order valence-electron chi connectivity index (χ4n) is 1.53. The lowest BCUT2D eigenvalue weighted by atomic mass is 10.2. The molecule has 94 valence electrons. The molecular formula is C13H15N3O2. The van der Waals surface area contributed by atoms with E-state index in [2.05, 4.69) is 15.3 Å². The fraction of sp³-hybridized carbons (Fsp3) is 0.231. The van der Waals surface area contributed by atoms with Crippen molar-refractivity contribution in [3.8, 4) is 22.9 Å². The zero-order valence-electron chi connectivity index (χ0n) is 10.1. The van der Waals surface area contributed by atoms with Crippen molar-refractivity contribution in [3.05, 3.63) is 36.2 Å². The fourth-order valence-corrected chi connectivity index (χ4v) is 1.53. The quantitative estimate of drug-likeness (QED) is 0.714. The van der Waals surface area contributed by atoms with E-state index in [9.17, 15) is 10.2 Å². The van der Waals surface area contributed by atoms with Crippen LogP contribution in [0.15, 0.2) is 30.6 Å². The van der Waals surface area contributed by atoms with E-state index >= 15 is 0 Å². The number of hydrogen-bond donors (Lipinski definition) is 3. The minimum atomic E-state index is -0.173. The maximum atomic E-state index is 9.42. The molecule has 1 aromatic heterocycles. The largest absolute Gasteiger partial charge is 0.504 e. The molecule has 0 amide bonds. The first-order chi connectivity index (χ1) is 8.70. The Hall–Kier alpha value is -2.14. The van der Waals surface area contributed by atoms with Gasteiger partial charge in [0.1, 0.15) is 0 Å². The van der Waals surface area contributed by atoms with E-state index in [1.165, 1.54) is 12.1 Å². The van der Waals surface area contributed by atoms with E-state index in [1.54, 1.807) is 18.5 Å². The van der Waals surface area contributed by atoms with E-state index in [0.717, 1.165) is 18.7 Å². The zero-order chi connectivity index (χ0) is 13.0. The van der Waals surface area contributed by atoms with Crippen LogP contribution in [0.25, 0.3) is 11.4 Å². The second-order valence-corrected chi connectivity index (χ2v) is 3.90. The third kappa shape index (κ3) is 2.75. The molecule has 0 atom stereocenters. The van der Waals surface area contributed by atoms with Gasteiger partial charge in [0.2, 0.25) is 0 Å². The third-order valence-electron chi connectivity index (χ3n) is 2.52. The lowest BCUT2D eigenvalue weighted by Crippen LogP contribution is -2.12. The summed E-state index contributed by atoms with van der Waals surface area (Å²) in [5, 5.41) is 21.8. The summed E-state index contributed by atoms with van der Waals surface area (Å²) in [6.07, 6.45) is 3.49. The molecule has 3 N–H and O–H groups in total. The summed E-state index contributed by atoms with van der Waals surface area (Å²) in [6.45, 7) is 3.67. The van der Waals surface area contributed by atoms with Crippen molar-refractivity contribution < 1.29 is 10.2 Å². The molecule has 0 fully saturated rings. The van der Waals surface area contributed by atoms with Crippen molar-refractivity contribution in [2.24, 2.45) is 0 Å². The Morgan fingerprint density at radius 3 is 2.44 bits per heavy atom. The summed E-state index contributed by atoms with van der Waals surface area (Å²) in [7, 11) is 0. The number of aromatic hydroxyl groups is 2. The molecular weight excluding hydrogens is 230 g/mol. The van der Waals surface area contributed by atoms with Crippen LogP contribution >= 0.6 is 0 Å². The Morgan fingerprint density at radius 1 is 1.11 bits per heavy atom. The predicted octanol–water partition coefficient (Wildman–Crippen LogP) is 1.66. The lowest BCUT2D eigenvalue weighted by molar-refractivity contribution is 0.404. The average molecular weight is 245 g/mol. The number of phenols is 2. The molecule has 0 aliphatic carbocycles. The third-order valence-corrected chi connectivity index (χ3v) is 2.52. The van der Waals surface area contributed by atoms with E-state index in [0.29, 0.717) is 11.4 Å². The number of rotatable bonds is 4. The van der Waals surface area contributed by atoms with Gasteiger partial charge in [-0.2, -0.15) is 0 Å². The van der Waals surface area contributed by atoms with Gasteiger partial charge in [0, 0.05) is 30.1 Å². The van der Waals surface area contributed by atoms with Gasteiger partial charge < -0.3 is 15.5 Å². The highest BCUT2D eigenvalue weighted by Crippen LogP contribution is 2.28. The summed E-state index contributed by atoms with van der Waals surface area (Å²) in [5.74, 6) is 0.195. The Morgan fingerprint density at radius 2 is 1.83 bits per heavy atom. The summed E-state index contributed by atoms with van der Waals surface area (Å²) in [6, 6.07) is 4.52. The van der Waals surface area contributed by atoms with Crippen molar-refractivity contribution in [2.45, 2.75) is 13.5 Å². The van der Waals surface area contributed by atoms with E-state index in [4.69, 9.17) is 0 Å². The Kier molecular flexibility index (Phi) is 3.74. The molecule has 5 heteroatoms. The molecule has 0 aliphatic heterocycles. The number of phenolic OH excluding ortho intramolecular Hbond substituents is 2. The zero-order valence-corrected chi connectivity index (χ0v) is 10.1. The van der Waals surface area contributed by atoms with Gasteiger partial charge in [0.25, 0.3) is 0 Å².